The molecule has 0 fully saturated rings. The third kappa shape index (κ3) is 6.22. The van der Waals surface area contributed by atoms with Crippen molar-refractivity contribution in [3.05, 3.63) is 59.1 Å². The summed E-state index contributed by atoms with van der Waals surface area (Å²) in [5, 5.41) is 2.97. The van der Waals surface area contributed by atoms with Gasteiger partial charge in [0.05, 0.1) is 17.0 Å². The van der Waals surface area contributed by atoms with E-state index in [1.807, 2.05) is 37.3 Å². The van der Waals surface area contributed by atoms with Crippen LogP contribution in [0.2, 0.25) is 5.02 Å². The molecule has 0 unspecified atom stereocenters. The predicted molar refractivity (Wildman–Crippen MR) is 110 cm³/mol. The van der Waals surface area contributed by atoms with Gasteiger partial charge in [-0.05, 0) is 36.6 Å². The first-order valence-electron chi connectivity index (χ1n) is 9.05. The summed E-state index contributed by atoms with van der Waals surface area (Å²) in [7, 11) is -2.50. The van der Waals surface area contributed by atoms with Crippen molar-refractivity contribution < 1.29 is 17.9 Å². The average molecular weight is 425 g/mol. The van der Waals surface area contributed by atoms with Gasteiger partial charge in [0.15, 0.2) is 0 Å². The highest BCUT2D eigenvalue weighted by Gasteiger charge is 2.26. The van der Waals surface area contributed by atoms with E-state index >= 15 is 0 Å². The molecule has 0 saturated heterocycles. The lowest BCUT2D eigenvalue weighted by Gasteiger charge is -2.19. The molecule has 2 aromatic carbocycles. The molecule has 0 heterocycles. The Bertz CT molecular complexity index is 888. The van der Waals surface area contributed by atoms with Gasteiger partial charge in [0, 0.05) is 6.54 Å². The van der Waals surface area contributed by atoms with Crippen LogP contribution in [-0.2, 0) is 21.2 Å². The summed E-state index contributed by atoms with van der Waals surface area (Å²) >= 11 is 6.05. The molecule has 0 aromatic heterocycles. The zero-order chi connectivity index (χ0) is 20.6. The molecule has 0 spiro atoms. The second-order valence-electron chi connectivity index (χ2n) is 6.30. The maximum Gasteiger partial charge on any atom is 0.241 e. The molecule has 152 valence electrons. The average Bonchev–Trinajstić information content (AvgIpc) is 2.68. The summed E-state index contributed by atoms with van der Waals surface area (Å²) in [5.74, 6) is 0.0132. The molecule has 0 aliphatic heterocycles. The number of sulfonamides is 1. The van der Waals surface area contributed by atoms with Crippen LogP contribution in [0.1, 0.15) is 25.3 Å². The number of carbonyl (C=O) groups is 1. The molecular weight excluding hydrogens is 400 g/mol. The van der Waals surface area contributed by atoms with Crippen LogP contribution in [0.3, 0.4) is 0 Å². The van der Waals surface area contributed by atoms with Gasteiger partial charge in [-0.15, -0.1) is 0 Å². The van der Waals surface area contributed by atoms with Gasteiger partial charge in [-0.1, -0.05) is 55.3 Å². The first-order chi connectivity index (χ1) is 13.4. The molecular formula is C20H25ClN2O4S. The van der Waals surface area contributed by atoms with Crippen LogP contribution in [0.25, 0.3) is 0 Å². The molecule has 6 nitrogen and oxygen atoms in total. The number of methoxy groups -OCH3 is 1. The lowest BCUT2D eigenvalue weighted by molar-refractivity contribution is -0.122. The highest BCUT2D eigenvalue weighted by atomic mass is 35.5. The Morgan fingerprint density at radius 2 is 1.89 bits per heavy atom. The second kappa shape index (κ2) is 10.5. The quantitative estimate of drug-likeness (QED) is 0.574. The third-order valence-corrected chi connectivity index (χ3v) is 5.92. The highest BCUT2D eigenvalue weighted by molar-refractivity contribution is 7.89. The Labute approximate surface area is 171 Å². The molecule has 2 aromatic rings. The van der Waals surface area contributed by atoms with Crippen LogP contribution >= 0.6 is 11.6 Å². The summed E-state index contributed by atoms with van der Waals surface area (Å²) in [6.07, 6.45) is 1.99. The number of benzene rings is 2. The fraction of sp³-hybridized carbons (Fsp3) is 0.350. The molecule has 0 bridgehead atoms. The van der Waals surface area contributed by atoms with Crippen molar-refractivity contribution in [2.75, 3.05) is 13.7 Å². The van der Waals surface area contributed by atoms with Crippen molar-refractivity contribution in [2.45, 2.75) is 37.1 Å². The molecule has 2 rings (SSSR count). The van der Waals surface area contributed by atoms with E-state index in [4.69, 9.17) is 16.3 Å². The van der Waals surface area contributed by atoms with Gasteiger partial charge >= 0.3 is 0 Å². The van der Waals surface area contributed by atoms with Crippen molar-refractivity contribution in [3.8, 4) is 5.75 Å². The standard InChI is InChI=1S/C20H25ClN2O4S/c1-3-4-12-22-20(24)18(13-15-8-6-5-7-9-15)23-28(25,26)16-10-11-19(27-2)17(21)14-16/h5-11,14,18,23H,3-4,12-13H2,1-2H3,(H,22,24)/t18-/m0/s1. The van der Waals surface area contributed by atoms with E-state index < -0.39 is 16.1 Å². The fourth-order valence-corrected chi connectivity index (χ4v) is 4.16. The second-order valence-corrected chi connectivity index (χ2v) is 8.43. The van der Waals surface area contributed by atoms with E-state index in [1.165, 1.54) is 25.3 Å². The Balaban J connectivity index is 2.24. The molecule has 0 aliphatic rings. The van der Waals surface area contributed by atoms with E-state index in [-0.39, 0.29) is 22.2 Å². The summed E-state index contributed by atoms with van der Waals surface area (Å²) < 4.78 is 33.2. The minimum absolute atomic E-state index is 0.0299. The number of amides is 1. The van der Waals surface area contributed by atoms with E-state index in [0.717, 1.165) is 18.4 Å². The zero-order valence-electron chi connectivity index (χ0n) is 15.9. The van der Waals surface area contributed by atoms with Crippen molar-refractivity contribution in [1.29, 1.82) is 0 Å². The largest absolute Gasteiger partial charge is 0.495 e. The smallest absolute Gasteiger partial charge is 0.241 e. The number of nitrogens with one attached hydrogen (secondary N) is 2. The van der Waals surface area contributed by atoms with E-state index in [2.05, 4.69) is 10.0 Å². The van der Waals surface area contributed by atoms with Crippen LogP contribution in [0.4, 0.5) is 0 Å². The van der Waals surface area contributed by atoms with E-state index in [1.54, 1.807) is 0 Å². The number of rotatable bonds is 10. The van der Waals surface area contributed by atoms with E-state index in [9.17, 15) is 13.2 Å². The van der Waals surface area contributed by atoms with Gasteiger partial charge < -0.3 is 10.1 Å². The lowest BCUT2D eigenvalue weighted by Crippen LogP contribution is -2.48. The van der Waals surface area contributed by atoms with Crippen molar-refractivity contribution >= 4 is 27.5 Å². The van der Waals surface area contributed by atoms with E-state index in [0.29, 0.717) is 12.3 Å². The summed E-state index contributed by atoms with van der Waals surface area (Å²) in [5.41, 5.74) is 0.855. The van der Waals surface area contributed by atoms with Crippen LogP contribution in [0.15, 0.2) is 53.4 Å². The molecule has 0 aliphatic carbocycles. The molecule has 2 N–H and O–H groups in total. The predicted octanol–water partition coefficient (Wildman–Crippen LogP) is 3.15. The Kier molecular flexibility index (Phi) is 8.29. The number of unbranched alkanes of at least 4 members (excludes halogenated alkanes) is 1. The topological polar surface area (TPSA) is 84.5 Å². The van der Waals surface area contributed by atoms with Crippen LogP contribution in [0, 0.1) is 0 Å². The lowest BCUT2D eigenvalue weighted by atomic mass is 10.1. The van der Waals surface area contributed by atoms with Crippen LogP contribution < -0.4 is 14.8 Å². The van der Waals surface area contributed by atoms with Gasteiger partial charge in [-0.25, -0.2) is 8.42 Å². The van der Waals surface area contributed by atoms with Crippen molar-refractivity contribution in [2.24, 2.45) is 0 Å². The van der Waals surface area contributed by atoms with Gasteiger partial charge in [0.2, 0.25) is 15.9 Å². The normalized spacial score (nSPS) is 12.4. The minimum Gasteiger partial charge on any atom is -0.495 e. The van der Waals surface area contributed by atoms with Gasteiger partial charge in [0.1, 0.15) is 11.8 Å². The number of halogens is 1. The summed E-state index contributed by atoms with van der Waals surface area (Å²) in [6, 6.07) is 12.5. The molecule has 0 radical (unpaired) electrons. The maximum absolute atomic E-state index is 12.8. The summed E-state index contributed by atoms with van der Waals surface area (Å²) in [4.78, 5) is 12.6. The molecule has 8 heteroatoms. The minimum atomic E-state index is -3.95. The number of carbonyl (C=O) groups excluding carboxylic acids is 1. The third-order valence-electron chi connectivity index (χ3n) is 4.16. The van der Waals surface area contributed by atoms with Gasteiger partial charge in [0.25, 0.3) is 0 Å². The molecule has 28 heavy (non-hydrogen) atoms. The Morgan fingerprint density at radius 1 is 1.18 bits per heavy atom. The Morgan fingerprint density at radius 3 is 2.50 bits per heavy atom. The number of hydrogen-bond donors (Lipinski definition) is 2. The molecule has 1 atom stereocenters. The van der Waals surface area contributed by atoms with Gasteiger partial charge in [-0.2, -0.15) is 4.72 Å². The number of hydrogen-bond acceptors (Lipinski definition) is 4. The van der Waals surface area contributed by atoms with Gasteiger partial charge in [-0.3, -0.25) is 4.79 Å². The molecule has 0 saturated carbocycles. The van der Waals surface area contributed by atoms with Crippen LogP contribution in [-0.4, -0.2) is 34.0 Å². The number of ether oxygens (including phenoxy) is 1. The highest BCUT2D eigenvalue weighted by Crippen LogP contribution is 2.27. The molecule has 1 amide bonds. The van der Waals surface area contributed by atoms with Crippen molar-refractivity contribution in [1.82, 2.24) is 10.0 Å². The zero-order valence-corrected chi connectivity index (χ0v) is 17.5. The first kappa shape index (κ1) is 22.2. The van der Waals surface area contributed by atoms with Crippen LogP contribution in [0.5, 0.6) is 5.75 Å². The van der Waals surface area contributed by atoms with Crippen molar-refractivity contribution in [3.63, 3.8) is 0 Å². The Hall–Kier alpha value is -2.09. The SMILES string of the molecule is CCCCNC(=O)[C@H](Cc1ccccc1)NS(=O)(=O)c1ccc(OC)c(Cl)c1. The fourth-order valence-electron chi connectivity index (χ4n) is 2.62. The maximum atomic E-state index is 12.8. The first-order valence-corrected chi connectivity index (χ1v) is 10.9. The summed E-state index contributed by atoms with van der Waals surface area (Å²) in [6.45, 7) is 2.51. The monoisotopic (exact) mass is 424 g/mol.